The van der Waals surface area contributed by atoms with E-state index in [-0.39, 0.29) is 19.1 Å². The number of aliphatic carboxylic acids is 1. The number of carbonyl (C=O) groups excluding carboxylic acids is 2. The molecule has 1 aliphatic carbocycles. The largest absolute Gasteiger partial charge is 0.480 e. The van der Waals surface area contributed by atoms with Crippen LogP contribution in [0.1, 0.15) is 43.7 Å². The zero-order chi connectivity index (χ0) is 24.7. The van der Waals surface area contributed by atoms with Gasteiger partial charge in [-0.05, 0) is 35.6 Å². The molecule has 0 spiro atoms. The van der Waals surface area contributed by atoms with Crippen molar-refractivity contribution in [1.82, 2.24) is 10.6 Å². The molecule has 0 heterocycles. The van der Waals surface area contributed by atoms with E-state index in [1.807, 2.05) is 43.3 Å². The van der Waals surface area contributed by atoms with E-state index in [0.717, 1.165) is 22.3 Å². The third-order valence-corrected chi connectivity index (χ3v) is 6.25. The van der Waals surface area contributed by atoms with Gasteiger partial charge in [0.2, 0.25) is 5.91 Å². The van der Waals surface area contributed by atoms with E-state index >= 15 is 0 Å². The molecule has 0 saturated heterocycles. The number of hydrogen-bond acceptors (Lipinski definition) is 5. The van der Waals surface area contributed by atoms with Crippen LogP contribution in [-0.2, 0) is 19.1 Å². The summed E-state index contributed by atoms with van der Waals surface area (Å²) in [5.74, 6) is -2.27. The maximum absolute atomic E-state index is 12.7. The molecule has 3 atom stereocenters. The summed E-state index contributed by atoms with van der Waals surface area (Å²) in [6, 6.07) is 15.0. The van der Waals surface area contributed by atoms with Gasteiger partial charge in [-0.2, -0.15) is 0 Å². The van der Waals surface area contributed by atoms with Crippen molar-refractivity contribution < 1.29 is 29.0 Å². The Bertz CT molecular complexity index is 978. The van der Waals surface area contributed by atoms with Crippen molar-refractivity contribution in [1.29, 1.82) is 0 Å². The van der Waals surface area contributed by atoms with E-state index in [1.165, 1.54) is 7.11 Å². The summed E-state index contributed by atoms with van der Waals surface area (Å²) in [6.45, 7) is 3.71. The lowest BCUT2D eigenvalue weighted by Gasteiger charge is -2.23. The summed E-state index contributed by atoms with van der Waals surface area (Å²) in [4.78, 5) is 36.6. The van der Waals surface area contributed by atoms with Gasteiger partial charge in [0, 0.05) is 19.6 Å². The molecule has 3 unspecified atom stereocenters. The summed E-state index contributed by atoms with van der Waals surface area (Å²) < 4.78 is 10.6. The van der Waals surface area contributed by atoms with Gasteiger partial charge in [-0.15, -0.1) is 0 Å². The van der Waals surface area contributed by atoms with E-state index in [4.69, 9.17) is 9.47 Å². The minimum Gasteiger partial charge on any atom is -0.480 e. The first-order valence-corrected chi connectivity index (χ1v) is 11.5. The summed E-state index contributed by atoms with van der Waals surface area (Å²) >= 11 is 0. The van der Waals surface area contributed by atoms with Crippen molar-refractivity contribution in [3.8, 4) is 11.1 Å². The maximum atomic E-state index is 12.7. The Morgan fingerprint density at radius 2 is 1.62 bits per heavy atom. The molecular formula is C26H32N2O6. The van der Waals surface area contributed by atoms with Crippen LogP contribution >= 0.6 is 0 Å². The monoisotopic (exact) mass is 468 g/mol. The molecule has 0 saturated carbocycles. The number of benzene rings is 2. The fraction of sp³-hybridized carbons (Fsp3) is 0.423. The van der Waals surface area contributed by atoms with Gasteiger partial charge in [-0.1, -0.05) is 61.9 Å². The lowest BCUT2D eigenvalue weighted by molar-refractivity contribution is -0.146. The number of methoxy groups -OCH3 is 1. The van der Waals surface area contributed by atoms with Crippen LogP contribution in [0, 0.1) is 5.92 Å². The smallest absolute Gasteiger partial charge is 0.407 e. The van der Waals surface area contributed by atoms with Gasteiger partial charge < -0.3 is 25.2 Å². The Morgan fingerprint density at radius 1 is 1.03 bits per heavy atom. The van der Waals surface area contributed by atoms with Gasteiger partial charge >= 0.3 is 12.1 Å². The maximum Gasteiger partial charge on any atom is 0.407 e. The number of alkyl carbamates (subject to hydrolysis) is 1. The minimum absolute atomic E-state index is 0.0457. The minimum atomic E-state index is -1.18. The Hall–Kier alpha value is -3.39. The molecule has 182 valence electrons. The molecule has 8 heteroatoms. The van der Waals surface area contributed by atoms with Gasteiger partial charge in [-0.25, -0.2) is 9.59 Å². The highest BCUT2D eigenvalue weighted by Gasteiger charge is 2.31. The van der Waals surface area contributed by atoms with Gasteiger partial charge in [-0.3, -0.25) is 4.79 Å². The molecule has 0 radical (unpaired) electrons. The van der Waals surface area contributed by atoms with E-state index in [2.05, 4.69) is 22.8 Å². The predicted octanol–water partition coefficient (Wildman–Crippen LogP) is 3.55. The second-order valence-electron chi connectivity index (χ2n) is 8.46. The summed E-state index contributed by atoms with van der Waals surface area (Å²) in [7, 11) is 1.38. The first-order valence-electron chi connectivity index (χ1n) is 11.5. The second kappa shape index (κ2) is 11.7. The fourth-order valence-electron chi connectivity index (χ4n) is 4.32. The first-order chi connectivity index (χ1) is 16.4. The standard InChI is InChI=1S/C26H32N2O6/c1-4-9-17(24(29)28-23(25(30)31)16(2)33-3)14-27-26(32)34-15-22-20-12-7-5-10-18(20)19-11-6-8-13-21(19)22/h5-8,10-13,16-17,22-23H,4,9,14-15H2,1-3H3,(H,27,32)(H,28,29)(H,30,31). The molecule has 0 aromatic heterocycles. The number of carbonyl (C=O) groups is 3. The average Bonchev–Trinajstić information content (AvgIpc) is 3.16. The summed E-state index contributed by atoms with van der Waals surface area (Å²) in [5.41, 5.74) is 4.52. The third kappa shape index (κ3) is 5.75. The van der Waals surface area contributed by atoms with Gasteiger partial charge in [0.05, 0.1) is 12.0 Å². The van der Waals surface area contributed by atoms with E-state index < -0.39 is 36.0 Å². The molecule has 8 nitrogen and oxygen atoms in total. The van der Waals surface area contributed by atoms with Crippen molar-refractivity contribution in [2.45, 2.75) is 44.8 Å². The lowest BCUT2D eigenvalue weighted by atomic mass is 9.98. The number of carboxylic acids is 1. The predicted molar refractivity (Wildman–Crippen MR) is 128 cm³/mol. The van der Waals surface area contributed by atoms with Crippen LogP contribution in [0.15, 0.2) is 48.5 Å². The highest BCUT2D eigenvalue weighted by molar-refractivity contribution is 5.86. The van der Waals surface area contributed by atoms with Crippen LogP contribution < -0.4 is 10.6 Å². The van der Waals surface area contributed by atoms with Crippen LogP contribution in [0.4, 0.5) is 4.79 Å². The van der Waals surface area contributed by atoms with Crippen molar-refractivity contribution in [2.24, 2.45) is 5.92 Å². The SMILES string of the molecule is CCCC(CNC(=O)OCC1c2ccccc2-c2ccccc21)C(=O)NC(C(=O)O)C(C)OC. The molecule has 34 heavy (non-hydrogen) atoms. The van der Waals surface area contributed by atoms with E-state index in [0.29, 0.717) is 12.8 Å². The molecule has 0 fully saturated rings. The van der Waals surface area contributed by atoms with Gasteiger partial charge in [0.1, 0.15) is 6.61 Å². The molecule has 0 aliphatic heterocycles. The summed E-state index contributed by atoms with van der Waals surface area (Å²) in [6.07, 6.45) is -0.125. The van der Waals surface area contributed by atoms with Crippen LogP contribution in [0.2, 0.25) is 0 Å². The van der Waals surface area contributed by atoms with Gasteiger partial charge in [0.25, 0.3) is 0 Å². The molecule has 2 aromatic rings. The molecule has 2 amide bonds. The number of hydrogen-bond donors (Lipinski definition) is 3. The van der Waals surface area contributed by atoms with Crippen molar-refractivity contribution >= 4 is 18.0 Å². The molecule has 3 N–H and O–H groups in total. The zero-order valence-corrected chi connectivity index (χ0v) is 19.7. The molecule has 3 rings (SSSR count). The van der Waals surface area contributed by atoms with Crippen molar-refractivity contribution in [3.63, 3.8) is 0 Å². The summed E-state index contributed by atoms with van der Waals surface area (Å²) in [5, 5.41) is 14.6. The normalized spacial score (nSPS) is 14.9. The fourth-order valence-corrected chi connectivity index (χ4v) is 4.32. The molecule has 1 aliphatic rings. The Labute approximate surface area is 199 Å². The number of nitrogens with one attached hydrogen (secondary N) is 2. The Balaban J connectivity index is 1.58. The zero-order valence-electron chi connectivity index (χ0n) is 19.7. The average molecular weight is 469 g/mol. The lowest BCUT2D eigenvalue weighted by Crippen LogP contribution is -2.51. The van der Waals surface area contributed by atoms with Crippen LogP contribution in [-0.4, -0.2) is 55.5 Å². The number of carboxylic acid groups (broad SMARTS) is 1. The van der Waals surface area contributed by atoms with Crippen LogP contribution in [0.25, 0.3) is 11.1 Å². The van der Waals surface area contributed by atoms with E-state index in [9.17, 15) is 19.5 Å². The quantitative estimate of drug-likeness (QED) is 0.465. The van der Waals surface area contributed by atoms with Crippen LogP contribution in [0.5, 0.6) is 0 Å². The molecule has 0 bridgehead atoms. The Morgan fingerprint density at radius 3 is 2.15 bits per heavy atom. The third-order valence-electron chi connectivity index (χ3n) is 6.25. The second-order valence-corrected chi connectivity index (χ2v) is 8.46. The van der Waals surface area contributed by atoms with E-state index in [1.54, 1.807) is 6.92 Å². The number of fused-ring (bicyclic) bond motifs is 3. The number of ether oxygens (including phenoxy) is 2. The molecule has 2 aromatic carbocycles. The molecular weight excluding hydrogens is 436 g/mol. The number of rotatable bonds is 11. The topological polar surface area (TPSA) is 114 Å². The highest BCUT2D eigenvalue weighted by atomic mass is 16.5. The number of amides is 2. The van der Waals surface area contributed by atoms with Gasteiger partial charge in [0.15, 0.2) is 6.04 Å². The van der Waals surface area contributed by atoms with Crippen LogP contribution in [0.3, 0.4) is 0 Å². The van der Waals surface area contributed by atoms with Crippen molar-refractivity contribution in [2.75, 3.05) is 20.3 Å². The van der Waals surface area contributed by atoms with Crippen molar-refractivity contribution in [3.05, 3.63) is 59.7 Å². The Kier molecular flexibility index (Phi) is 8.65. The highest BCUT2D eigenvalue weighted by Crippen LogP contribution is 2.44. The first kappa shape index (κ1) is 25.2.